The number of ether oxygens (including phenoxy) is 3. The number of carbonyl (C=O) groups is 3. The Kier molecular flexibility index (Phi) is 65.2. The van der Waals surface area contributed by atoms with Gasteiger partial charge in [-0.1, -0.05) is 310 Å². The molecule has 81 heavy (non-hydrogen) atoms. The van der Waals surface area contributed by atoms with E-state index in [1.54, 1.807) is 0 Å². The summed E-state index contributed by atoms with van der Waals surface area (Å²) < 4.78 is 17.0. The van der Waals surface area contributed by atoms with Crippen molar-refractivity contribution in [2.24, 2.45) is 0 Å². The van der Waals surface area contributed by atoms with Crippen LogP contribution in [0.3, 0.4) is 0 Å². The third kappa shape index (κ3) is 66.8. The number of carbonyl (C=O) groups excluding carboxylic acids is 3. The molecular weight excluding hydrogens is 997 g/mol. The summed E-state index contributed by atoms with van der Waals surface area (Å²) in [5, 5.41) is 0. The standard InChI is InChI=1S/C75H128O6/c1-4-7-10-13-16-19-22-25-27-29-31-32-33-34-35-36-37-38-39-40-41-42-44-45-47-50-53-56-59-62-65-68-74(77)80-71-72(70-79-73(76)67-64-61-58-55-52-49-24-21-18-15-12-9-6-3)81-75(78)69-66-63-60-57-54-51-48-46-43-30-28-26-23-20-17-14-11-8-5-2/h7,10,16-17,19-20,25-28,31-32,34-35,37-38,43,46,72H,4-6,8-9,11-15,18,21-24,29-30,33,36,39-42,44-45,47-71H2,1-3H3/b10-7-,19-16-,20-17-,27-25-,28-26-,32-31-,35-34-,38-37-,46-43-. The highest BCUT2D eigenvalue weighted by Crippen LogP contribution is 2.17. The molecule has 0 heterocycles. The van der Waals surface area contributed by atoms with E-state index in [0.29, 0.717) is 19.3 Å². The van der Waals surface area contributed by atoms with Gasteiger partial charge in [-0.15, -0.1) is 0 Å². The molecule has 0 amide bonds. The number of esters is 3. The van der Waals surface area contributed by atoms with Crippen LogP contribution in [0.1, 0.15) is 329 Å². The first-order valence-electron chi connectivity index (χ1n) is 34.4. The first-order valence-corrected chi connectivity index (χ1v) is 34.4. The monoisotopic (exact) mass is 1120 g/mol. The van der Waals surface area contributed by atoms with Crippen molar-refractivity contribution in [2.45, 2.75) is 335 Å². The summed E-state index contributed by atoms with van der Waals surface area (Å²) in [6.45, 7) is 6.52. The van der Waals surface area contributed by atoms with Crippen LogP contribution in [0.25, 0.3) is 0 Å². The van der Waals surface area contributed by atoms with Crippen molar-refractivity contribution in [1.82, 2.24) is 0 Å². The highest BCUT2D eigenvalue weighted by Gasteiger charge is 2.19. The maximum Gasteiger partial charge on any atom is 0.306 e. The molecule has 0 N–H and O–H groups in total. The fraction of sp³-hybridized carbons (Fsp3) is 0.720. The summed E-state index contributed by atoms with van der Waals surface area (Å²) >= 11 is 0. The number of allylic oxidation sites excluding steroid dienone is 18. The molecular formula is C75H128O6. The lowest BCUT2D eigenvalue weighted by Crippen LogP contribution is -2.30. The molecule has 6 nitrogen and oxygen atoms in total. The summed E-state index contributed by atoms with van der Waals surface area (Å²) in [6, 6.07) is 0. The maximum absolute atomic E-state index is 12.9. The molecule has 0 rings (SSSR count). The fourth-order valence-corrected chi connectivity index (χ4v) is 9.63. The minimum Gasteiger partial charge on any atom is -0.462 e. The average molecular weight is 1130 g/mol. The zero-order chi connectivity index (χ0) is 58.5. The lowest BCUT2D eigenvalue weighted by Gasteiger charge is -2.18. The Morgan fingerprint density at radius 3 is 0.778 bits per heavy atom. The molecule has 0 bridgehead atoms. The van der Waals surface area contributed by atoms with Crippen molar-refractivity contribution in [3.05, 3.63) is 109 Å². The van der Waals surface area contributed by atoms with E-state index in [4.69, 9.17) is 14.2 Å². The molecule has 6 heteroatoms. The smallest absolute Gasteiger partial charge is 0.306 e. The van der Waals surface area contributed by atoms with E-state index in [9.17, 15) is 14.4 Å². The molecule has 1 atom stereocenters. The summed E-state index contributed by atoms with van der Waals surface area (Å²) in [7, 11) is 0. The second-order valence-electron chi connectivity index (χ2n) is 22.7. The van der Waals surface area contributed by atoms with Crippen LogP contribution >= 0.6 is 0 Å². The number of rotatable bonds is 62. The van der Waals surface area contributed by atoms with Gasteiger partial charge in [0.15, 0.2) is 6.10 Å². The zero-order valence-corrected chi connectivity index (χ0v) is 53.3. The van der Waals surface area contributed by atoms with Crippen LogP contribution in [0.4, 0.5) is 0 Å². The molecule has 0 aromatic heterocycles. The summed E-state index contributed by atoms with van der Waals surface area (Å²) in [6.07, 6.45) is 93.9. The fourth-order valence-electron chi connectivity index (χ4n) is 9.63. The average Bonchev–Trinajstić information content (AvgIpc) is 3.46. The molecule has 0 spiro atoms. The van der Waals surface area contributed by atoms with Crippen LogP contribution in [-0.4, -0.2) is 37.2 Å². The first kappa shape index (κ1) is 77.1. The minimum absolute atomic E-state index is 0.0807. The minimum atomic E-state index is -0.786. The molecule has 0 saturated carbocycles. The Hall–Kier alpha value is -3.93. The van der Waals surface area contributed by atoms with Gasteiger partial charge in [0.2, 0.25) is 0 Å². The molecule has 0 fully saturated rings. The Morgan fingerprint density at radius 2 is 0.481 bits per heavy atom. The van der Waals surface area contributed by atoms with Gasteiger partial charge in [0.1, 0.15) is 13.2 Å². The van der Waals surface area contributed by atoms with Gasteiger partial charge in [0.05, 0.1) is 0 Å². The van der Waals surface area contributed by atoms with E-state index >= 15 is 0 Å². The second-order valence-corrected chi connectivity index (χ2v) is 22.7. The lowest BCUT2D eigenvalue weighted by molar-refractivity contribution is -0.167. The van der Waals surface area contributed by atoms with Crippen molar-refractivity contribution in [2.75, 3.05) is 13.2 Å². The number of hydrogen-bond donors (Lipinski definition) is 0. The summed E-state index contributed by atoms with van der Waals surface area (Å²) in [4.78, 5) is 38.4. The number of hydrogen-bond acceptors (Lipinski definition) is 6. The van der Waals surface area contributed by atoms with Crippen molar-refractivity contribution in [1.29, 1.82) is 0 Å². The normalized spacial score (nSPS) is 12.8. The quantitative estimate of drug-likeness (QED) is 0.0261. The van der Waals surface area contributed by atoms with E-state index in [-0.39, 0.29) is 31.1 Å². The van der Waals surface area contributed by atoms with Crippen molar-refractivity contribution in [3.63, 3.8) is 0 Å². The van der Waals surface area contributed by atoms with Crippen molar-refractivity contribution < 1.29 is 28.6 Å². The van der Waals surface area contributed by atoms with E-state index in [2.05, 4.69) is 130 Å². The van der Waals surface area contributed by atoms with Crippen LogP contribution in [0.5, 0.6) is 0 Å². The van der Waals surface area contributed by atoms with E-state index < -0.39 is 6.10 Å². The van der Waals surface area contributed by atoms with Crippen LogP contribution in [-0.2, 0) is 28.6 Å². The predicted octanol–water partition coefficient (Wildman–Crippen LogP) is 23.8. The molecule has 0 aliphatic rings. The Morgan fingerprint density at radius 1 is 0.259 bits per heavy atom. The second kappa shape index (κ2) is 68.6. The van der Waals surface area contributed by atoms with Gasteiger partial charge >= 0.3 is 17.9 Å². The van der Waals surface area contributed by atoms with Gasteiger partial charge in [-0.2, -0.15) is 0 Å². The third-order valence-corrected chi connectivity index (χ3v) is 14.8. The molecule has 1 unspecified atom stereocenters. The molecule has 0 saturated heterocycles. The van der Waals surface area contributed by atoms with Gasteiger partial charge in [-0.05, 0) is 109 Å². The van der Waals surface area contributed by atoms with E-state index in [1.807, 2.05) is 0 Å². The summed E-state index contributed by atoms with van der Waals surface area (Å²) in [5.74, 6) is -0.883. The van der Waals surface area contributed by atoms with Crippen molar-refractivity contribution >= 4 is 17.9 Å². The molecule has 0 aliphatic heterocycles. The van der Waals surface area contributed by atoms with Gasteiger partial charge in [-0.25, -0.2) is 0 Å². The topological polar surface area (TPSA) is 78.9 Å². The van der Waals surface area contributed by atoms with Crippen LogP contribution in [0.15, 0.2) is 109 Å². The zero-order valence-electron chi connectivity index (χ0n) is 53.3. The first-order chi connectivity index (χ1) is 40.0. The number of unbranched alkanes of at least 4 members (excludes halogenated alkanes) is 33. The Bertz CT molecular complexity index is 1620. The highest BCUT2D eigenvalue weighted by molar-refractivity contribution is 5.71. The van der Waals surface area contributed by atoms with Gasteiger partial charge in [0.25, 0.3) is 0 Å². The molecule has 464 valence electrons. The van der Waals surface area contributed by atoms with Crippen LogP contribution < -0.4 is 0 Å². The molecule has 0 aromatic rings. The molecule has 0 radical (unpaired) electrons. The third-order valence-electron chi connectivity index (χ3n) is 14.8. The highest BCUT2D eigenvalue weighted by atomic mass is 16.6. The predicted molar refractivity (Wildman–Crippen MR) is 353 cm³/mol. The van der Waals surface area contributed by atoms with Gasteiger partial charge in [-0.3, -0.25) is 14.4 Å². The van der Waals surface area contributed by atoms with Crippen LogP contribution in [0.2, 0.25) is 0 Å². The van der Waals surface area contributed by atoms with Gasteiger partial charge in [0, 0.05) is 19.3 Å². The molecule has 0 aliphatic carbocycles. The van der Waals surface area contributed by atoms with Crippen LogP contribution in [0, 0.1) is 0 Å². The van der Waals surface area contributed by atoms with Crippen molar-refractivity contribution in [3.8, 4) is 0 Å². The molecule has 0 aromatic carbocycles. The van der Waals surface area contributed by atoms with E-state index in [1.165, 1.54) is 167 Å². The SMILES string of the molecule is CC/C=C\C/C=C\C/C=C\C/C=C\C/C=C\C/C=C\CCCCCCCCCCCCCCC(=O)OCC(COC(=O)CCCCCCCCCCCCCCC)OC(=O)CCCCCCCC/C=C\C/C=C\C/C=C\CCCCC. The lowest BCUT2D eigenvalue weighted by atomic mass is 10.0. The Balaban J connectivity index is 4.27. The maximum atomic E-state index is 12.9. The summed E-state index contributed by atoms with van der Waals surface area (Å²) in [5.41, 5.74) is 0. The largest absolute Gasteiger partial charge is 0.462 e. The Labute approximate surface area is 501 Å². The van der Waals surface area contributed by atoms with Gasteiger partial charge < -0.3 is 14.2 Å². The van der Waals surface area contributed by atoms with E-state index in [0.717, 1.165) is 122 Å².